The second kappa shape index (κ2) is 11.5. The molecule has 1 aliphatic heterocycles. The van der Waals surface area contributed by atoms with Crippen LogP contribution in [-0.2, 0) is 11.3 Å². The number of halogens is 1. The van der Waals surface area contributed by atoms with Gasteiger partial charge in [0.1, 0.15) is 0 Å². The molecule has 6 nitrogen and oxygen atoms in total. The van der Waals surface area contributed by atoms with Gasteiger partial charge in [-0.25, -0.2) is 4.98 Å². The predicted molar refractivity (Wildman–Crippen MR) is 152 cm³/mol. The van der Waals surface area contributed by atoms with Gasteiger partial charge in [0.2, 0.25) is 5.78 Å². The number of aryl methyl sites for hydroxylation is 1. The second-order valence-corrected chi connectivity index (χ2v) is 10.4. The van der Waals surface area contributed by atoms with Crippen LogP contribution in [0.5, 0.6) is 0 Å². The second-order valence-electron chi connectivity index (χ2n) is 9.95. The molecule has 1 aliphatic rings. The third-order valence-electron chi connectivity index (χ3n) is 7.20. The lowest BCUT2D eigenvalue weighted by atomic mass is 10.1. The molecule has 0 amide bonds. The Morgan fingerprint density at radius 1 is 1.05 bits per heavy atom. The van der Waals surface area contributed by atoms with Crippen molar-refractivity contribution in [1.29, 1.82) is 0 Å². The first-order valence-corrected chi connectivity index (χ1v) is 13.7. The van der Waals surface area contributed by atoms with Gasteiger partial charge in [0.15, 0.2) is 0 Å². The van der Waals surface area contributed by atoms with Crippen molar-refractivity contribution in [1.82, 2.24) is 14.0 Å². The van der Waals surface area contributed by atoms with Crippen molar-refractivity contribution in [2.75, 3.05) is 25.1 Å². The number of hydrogen-bond donors (Lipinski definition) is 0. The van der Waals surface area contributed by atoms with Crippen LogP contribution in [0.15, 0.2) is 65.6 Å². The van der Waals surface area contributed by atoms with Crippen molar-refractivity contribution in [3.8, 4) is 22.5 Å². The minimum Gasteiger partial charge on any atom is -0.376 e. The number of unbranched alkanes of at least 4 members (excludes halogenated alkanes) is 2. The van der Waals surface area contributed by atoms with E-state index in [-0.39, 0.29) is 5.56 Å². The van der Waals surface area contributed by atoms with E-state index in [1.807, 2.05) is 30.5 Å². The molecule has 5 rings (SSSR count). The zero-order valence-electron chi connectivity index (χ0n) is 21.7. The molecule has 0 N–H and O–H groups in total. The molecule has 0 spiro atoms. The van der Waals surface area contributed by atoms with E-state index in [1.54, 1.807) is 10.5 Å². The molecule has 7 heteroatoms. The van der Waals surface area contributed by atoms with Crippen LogP contribution in [0, 0.1) is 0 Å². The summed E-state index contributed by atoms with van der Waals surface area (Å²) in [6.07, 6.45) is 8.91. The number of rotatable bonds is 9. The molecule has 1 saturated heterocycles. The summed E-state index contributed by atoms with van der Waals surface area (Å²) in [7, 11) is 2.11. The van der Waals surface area contributed by atoms with Crippen LogP contribution in [0.4, 0.5) is 5.69 Å². The smallest absolute Gasteiger partial charge is 0.259 e. The molecular weight excluding hydrogens is 484 g/mol. The molecule has 0 saturated carbocycles. The van der Waals surface area contributed by atoms with Crippen molar-refractivity contribution >= 4 is 23.1 Å². The van der Waals surface area contributed by atoms with Gasteiger partial charge in [0, 0.05) is 55.3 Å². The Kier molecular flexibility index (Phi) is 7.96. The Labute approximate surface area is 223 Å². The highest BCUT2D eigenvalue weighted by Crippen LogP contribution is 2.27. The number of ether oxygens (including phenoxy) is 1. The molecule has 0 aliphatic carbocycles. The monoisotopic (exact) mass is 518 g/mol. The van der Waals surface area contributed by atoms with Gasteiger partial charge >= 0.3 is 0 Å². The summed E-state index contributed by atoms with van der Waals surface area (Å²) in [6, 6.07) is 17.8. The summed E-state index contributed by atoms with van der Waals surface area (Å²) in [5, 5.41) is 0.675. The number of likely N-dealkylation sites (N-methyl/N-ethyl adjacent to an activating group) is 1. The Bertz CT molecular complexity index is 1390. The number of nitrogens with zero attached hydrogens (tertiary/aromatic N) is 4. The largest absolute Gasteiger partial charge is 0.376 e. The van der Waals surface area contributed by atoms with E-state index in [1.165, 1.54) is 6.42 Å². The quantitative estimate of drug-likeness (QED) is 0.232. The van der Waals surface area contributed by atoms with Crippen LogP contribution >= 0.6 is 11.6 Å². The molecule has 2 aromatic heterocycles. The summed E-state index contributed by atoms with van der Waals surface area (Å²) in [4.78, 5) is 20.4. The molecule has 1 unspecified atom stereocenters. The Hall–Kier alpha value is -3.09. The molecule has 194 valence electrons. The number of anilines is 1. The zero-order chi connectivity index (χ0) is 25.8. The Balaban J connectivity index is 1.49. The van der Waals surface area contributed by atoms with Crippen LogP contribution in [-0.4, -0.2) is 40.3 Å². The van der Waals surface area contributed by atoms with Crippen LogP contribution in [0.2, 0.25) is 5.02 Å². The van der Waals surface area contributed by atoms with Crippen molar-refractivity contribution in [2.24, 2.45) is 0 Å². The van der Waals surface area contributed by atoms with E-state index in [2.05, 4.69) is 47.7 Å². The number of fused-ring (bicyclic) bond motifs is 1. The lowest BCUT2D eigenvalue weighted by molar-refractivity contribution is 0.0216. The Morgan fingerprint density at radius 3 is 2.51 bits per heavy atom. The van der Waals surface area contributed by atoms with Gasteiger partial charge in [-0.2, -0.15) is 0 Å². The number of aromatic nitrogens is 3. The Morgan fingerprint density at radius 2 is 1.81 bits per heavy atom. The highest BCUT2D eigenvalue weighted by Gasteiger charge is 2.18. The maximum atomic E-state index is 13.2. The van der Waals surface area contributed by atoms with Gasteiger partial charge < -0.3 is 14.2 Å². The average molecular weight is 519 g/mol. The molecule has 0 radical (unpaired) electrons. The molecule has 1 fully saturated rings. The maximum Gasteiger partial charge on any atom is 0.259 e. The summed E-state index contributed by atoms with van der Waals surface area (Å²) in [5.41, 5.74) is 4.66. The normalized spacial score (nSPS) is 15.8. The van der Waals surface area contributed by atoms with Crippen molar-refractivity contribution < 1.29 is 4.74 Å². The fraction of sp³-hybridized carbons (Fsp3) is 0.400. The molecule has 1 atom stereocenters. The fourth-order valence-electron chi connectivity index (χ4n) is 5.08. The highest BCUT2D eigenvalue weighted by molar-refractivity contribution is 6.30. The van der Waals surface area contributed by atoms with Gasteiger partial charge in [-0.05, 0) is 55.5 Å². The van der Waals surface area contributed by atoms with Crippen molar-refractivity contribution in [3.63, 3.8) is 0 Å². The molecule has 37 heavy (non-hydrogen) atoms. The van der Waals surface area contributed by atoms with Gasteiger partial charge in [0.25, 0.3) is 5.56 Å². The van der Waals surface area contributed by atoms with Crippen molar-refractivity contribution in [2.45, 2.75) is 58.1 Å². The fourth-order valence-corrected chi connectivity index (χ4v) is 5.21. The minimum atomic E-state index is -0.0832. The maximum absolute atomic E-state index is 13.2. The van der Waals surface area contributed by atoms with Crippen LogP contribution in [0.3, 0.4) is 0 Å². The first-order chi connectivity index (χ1) is 18.0. The zero-order valence-corrected chi connectivity index (χ0v) is 22.5. The number of imidazole rings is 1. The van der Waals surface area contributed by atoms with Crippen LogP contribution in [0.1, 0.15) is 45.4 Å². The van der Waals surface area contributed by atoms with E-state index in [0.29, 0.717) is 16.9 Å². The van der Waals surface area contributed by atoms with E-state index >= 15 is 0 Å². The summed E-state index contributed by atoms with van der Waals surface area (Å²) < 4.78 is 9.77. The topological polar surface area (TPSA) is 51.8 Å². The molecule has 0 bridgehead atoms. The number of benzene rings is 2. The van der Waals surface area contributed by atoms with Gasteiger partial charge in [-0.3, -0.25) is 9.20 Å². The van der Waals surface area contributed by atoms with Crippen LogP contribution < -0.4 is 10.5 Å². The van der Waals surface area contributed by atoms with Crippen LogP contribution in [0.25, 0.3) is 28.3 Å². The lowest BCUT2D eigenvalue weighted by Gasteiger charge is -2.28. The molecule has 4 aromatic rings. The van der Waals surface area contributed by atoms with E-state index in [4.69, 9.17) is 21.3 Å². The summed E-state index contributed by atoms with van der Waals surface area (Å²) in [5.74, 6) is 0.666. The summed E-state index contributed by atoms with van der Waals surface area (Å²) >= 11 is 6.08. The standard InChI is InChI=1S/C30H35ClN4O2/c1-3-4-6-17-34-28(23-11-15-25(16-12-23)33(2)20-26-8-5-7-18-37-26)19-29(36)35-21-27(32-30(34)35)22-9-13-24(31)14-10-22/h9-16,19,21,26H,3-8,17-18,20H2,1-2H3. The van der Waals surface area contributed by atoms with Gasteiger partial charge in [-0.15, -0.1) is 0 Å². The minimum absolute atomic E-state index is 0.0832. The predicted octanol–water partition coefficient (Wildman–Crippen LogP) is 6.68. The molecule has 3 heterocycles. The number of hydrogen-bond acceptors (Lipinski definition) is 4. The van der Waals surface area contributed by atoms with E-state index in [9.17, 15) is 4.79 Å². The van der Waals surface area contributed by atoms with Crippen molar-refractivity contribution in [3.05, 3.63) is 76.2 Å². The lowest BCUT2D eigenvalue weighted by Crippen LogP contribution is -2.33. The summed E-state index contributed by atoms with van der Waals surface area (Å²) in [6.45, 7) is 4.74. The first kappa shape index (κ1) is 25.6. The molecule has 2 aromatic carbocycles. The third kappa shape index (κ3) is 5.76. The average Bonchev–Trinajstić information content (AvgIpc) is 3.37. The highest BCUT2D eigenvalue weighted by atomic mass is 35.5. The van der Waals surface area contributed by atoms with E-state index in [0.717, 1.165) is 80.0 Å². The first-order valence-electron chi connectivity index (χ1n) is 13.4. The van der Waals surface area contributed by atoms with Gasteiger partial charge in [0.05, 0.1) is 17.5 Å². The SMILES string of the molecule is CCCCCn1c(-c2ccc(N(C)CC3CCCCO3)cc2)cc(=O)n2cc(-c3ccc(Cl)cc3)nc12. The van der Waals surface area contributed by atoms with E-state index < -0.39 is 0 Å². The third-order valence-corrected chi connectivity index (χ3v) is 7.45. The van der Waals surface area contributed by atoms with Gasteiger partial charge in [-0.1, -0.05) is 55.6 Å². The molecular formula is C30H35ClN4O2.